The van der Waals surface area contributed by atoms with Crippen molar-refractivity contribution in [1.29, 1.82) is 0 Å². The lowest BCUT2D eigenvalue weighted by Gasteiger charge is -1.87. The summed E-state index contributed by atoms with van der Waals surface area (Å²) in [6.45, 7) is 4.48. The van der Waals surface area contributed by atoms with Gasteiger partial charge in [0.1, 0.15) is 0 Å². The van der Waals surface area contributed by atoms with Crippen LogP contribution >= 0.6 is 0 Å². The highest BCUT2D eigenvalue weighted by Gasteiger charge is 2.09. The summed E-state index contributed by atoms with van der Waals surface area (Å²) < 4.78 is 4.17. The zero-order valence-electron chi connectivity index (χ0n) is 9.48. The third kappa shape index (κ3) is 5.81. The Bertz CT molecular complexity index is 371. The van der Waals surface area contributed by atoms with Gasteiger partial charge in [-0.2, -0.15) is 0 Å². The van der Waals surface area contributed by atoms with Crippen LogP contribution in [-0.4, -0.2) is 5.97 Å². The minimum Gasteiger partial charge on any atom is -0.435 e. The molecule has 1 fully saturated rings. The van der Waals surface area contributed by atoms with Gasteiger partial charge >= 0.3 is 5.97 Å². The monoisotopic (exact) mass is 216 g/mol. The average molecular weight is 216 g/mol. The van der Waals surface area contributed by atoms with Crippen LogP contribution in [0.5, 0.6) is 0 Å². The summed E-state index contributed by atoms with van der Waals surface area (Å²) in [7, 11) is 0. The Balaban J connectivity index is 0.000000187. The van der Waals surface area contributed by atoms with E-state index in [4.69, 9.17) is 0 Å². The molecule has 0 spiro atoms. The molecule has 16 heavy (non-hydrogen) atoms. The lowest BCUT2D eigenvalue weighted by Crippen LogP contribution is -1.87. The number of ether oxygens (including phenoxy) is 1. The molecule has 0 bridgehead atoms. The lowest BCUT2D eigenvalue weighted by molar-refractivity contribution is -0.135. The maximum Gasteiger partial charge on any atom is 0.307 e. The van der Waals surface area contributed by atoms with E-state index in [2.05, 4.69) is 47.7 Å². The number of allylic oxidation sites excluding steroid dienone is 1. The predicted molar refractivity (Wildman–Crippen MR) is 65.6 cm³/mol. The predicted octanol–water partition coefficient (Wildman–Crippen LogP) is 3.56. The van der Waals surface area contributed by atoms with Crippen LogP contribution < -0.4 is 0 Å². The van der Waals surface area contributed by atoms with Crippen LogP contribution in [0.4, 0.5) is 0 Å². The Morgan fingerprint density at radius 3 is 2.31 bits per heavy atom. The Morgan fingerprint density at radius 2 is 1.94 bits per heavy atom. The van der Waals surface area contributed by atoms with Crippen molar-refractivity contribution in [3.63, 3.8) is 0 Å². The van der Waals surface area contributed by atoms with Gasteiger partial charge in [0, 0.05) is 6.92 Å². The van der Waals surface area contributed by atoms with Gasteiger partial charge in [0.2, 0.25) is 0 Å². The summed E-state index contributed by atoms with van der Waals surface area (Å²) in [5, 5.41) is 0. The molecule has 0 aliphatic heterocycles. The zero-order chi connectivity index (χ0) is 11.8. The molecule has 1 aromatic rings. The minimum atomic E-state index is -0.329. The van der Waals surface area contributed by atoms with E-state index < -0.39 is 0 Å². The van der Waals surface area contributed by atoms with Crippen molar-refractivity contribution in [2.24, 2.45) is 0 Å². The highest BCUT2D eigenvalue weighted by atomic mass is 16.5. The van der Waals surface area contributed by atoms with E-state index in [-0.39, 0.29) is 5.97 Å². The van der Waals surface area contributed by atoms with Gasteiger partial charge in [-0.1, -0.05) is 48.6 Å². The molecule has 1 aliphatic carbocycles. The molecule has 84 valence electrons. The van der Waals surface area contributed by atoms with Crippen molar-refractivity contribution in [3.05, 3.63) is 54.3 Å². The second-order valence-corrected chi connectivity index (χ2v) is 3.49. The molecular weight excluding hydrogens is 200 g/mol. The fraction of sp³-hybridized carbons (Fsp3) is 0.214. The topological polar surface area (TPSA) is 26.3 Å². The molecule has 0 aromatic heterocycles. The smallest absolute Gasteiger partial charge is 0.307 e. The van der Waals surface area contributed by atoms with Crippen LogP contribution in [0, 0.1) is 0 Å². The summed E-state index contributed by atoms with van der Waals surface area (Å²) >= 11 is 0. The molecule has 2 heteroatoms. The molecule has 2 rings (SSSR count). The second-order valence-electron chi connectivity index (χ2n) is 3.49. The van der Waals surface area contributed by atoms with E-state index in [0.717, 1.165) is 6.26 Å². The van der Waals surface area contributed by atoms with Gasteiger partial charge in [0.05, 0.1) is 6.26 Å². The molecule has 1 saturated carbocycles. The first-order chi connectivity index (χ1) is 7.72. The van der Waals surface area contributed by atoms with Crippen LogP contribution in [0.2, 0.25) is 0 Å². The largest absolute Gasteiger partial charge is 0.435 e. The number of hydrogen-bond donors (Lipinski definition) is 0. The molecular formula is C14H16O2. The van der Waals surface area contributed by atoms with Crippen LogP contribution in [-0.2, 0) is 9.53 Å². The normalized spacial score (nSPS) is 11.9. The highest BCUT2D eigenvalue weighted by Crippen LogP contribution is 2.29. The Kier molecular flexibility index (Phi) is 5.06. The van der Waals surface area contributed by atoms with Crippen LogP contribution in [0.3, 0.4) is 0 Å². The fourth-order valence-corrected chi connectivity index (χ4v) is 1.12. The SMILES string of the molecule is C(=C1CC1)c1ccccc1.C=COC(C)=O. The standard InChI is InChI=1S/C10H10.C4H6O2/c1-2-4-9(5-3-1)8-10-6-7-10;1-3-6-4(2)5/h1-5,8H,6-7H2;3H,1H2,2H3. The first-order valence-electron chi connectivity index (χ1n) is 5.25. The number of hydrogen-bond acceptors (Lipinski definition) is 2. The molecule has 0 atom stereocenters. The van der Waals surface area contributed by atoms with E-state index in [1.165, 1.54) is 25.3 Å². The highest BCUT2D eigenvalue weighted by molar-refractivity contribution is 5.66. The Hall–Kier alpha value is -1.83. The minimum absolute atomic E-state index is 0.329. The van der Waals surface area contributed by atoms with Gasteiger partial charge in [0.15, 0.2) is 0 Å². The molecule has 0 N–H and O–H groups in total. The van der Waals surface area contributed by atoms with Gasteiger partial charge in [0.25, 0.3) is 0 Å². The zero-order valence-corrected chi connectivity index (χ0v) is 9.48. The van der Waals surface area contributed by atoms with Crippen molar-refractivity contribution >= 4 is 12.0 Å². The van der Waals surface area contributed by atoms with Gasteiger partial charge < -0.3 is 4.74 Å². The van der Waals surface area contributed by atoms with Gasteiger partial charge in [-0.3, -0.25) is 4.79 Å². The average Bonchev–Trinajstić information content (AvgIpc) is 3.04. The van der Waals surface area contributed by atoms with Crippen molar-refractivity contribution < 1.29 is 9.53 Å². The van der Waals surface area contributed by atoms with Gasteiger partial charge in [-0.15, -0.1) is 0 Å². The molecule has 1 aliphatic rings. The maximum absolute atomic E-state index is 9.75. The van der Waals surface area contributed by atoms with Crippen LogP contribution in [0.15, 0.2) is 48.7 Å². The number of carbonyl (C=O) groups excluding carboxylic acids is 1. The first kappa shape index (κ1) is 12.2. The number of rotatable bonds is 2. The molecule has 1 aromatic carbocycles. The quantitative estimate of drug-likeness (QED) is 0.558. The second kappa shape index (κ2) is 6.62. The van der Waals surface area contributed by atoms with E-state index in [9.17, 15) is 4.79 Å². The Labute approximate surface area is 96.2 Å². The molecule has 0 unspecified atom stereocenters. The van der Waals surface area contributed by atoms with E-state index >= 15 is 0 Å². The molecule has 0 saturated heterocycles. The van der Waals surface area contributed by atoms with Crippen LogP contribution in [0.25, 0.3) is 6.08 Å². The van der Waals surface area contributed by atoms with Crippen molar-refractivity contribution in [1.82, 2.24) is 0 Å². The summed E-state index contributed by atoms with van der Waals surface area (Å²) in [5.41, 5.74) is 2.93. The summed E-state index contributed by atoms with van der Waals surface area (Å²) in [5.74, 6) is -0.329. The van der Waals surface area contributed by atoms with E-state index in [1.807, 2.05) is 0 Å². The Morgan fingerprint density at radius 1 is 1.31 bits per heavy atom. The first-order valence-corrected chi connectivity index (χ1v) is 5.25. The van der Waals surface area contributed by atoms with Crippen molar-refractivity contribution in [2.45, 2.75) is 19.8 Å². The van der Waals surface area contributed by atoms with Crippen molar-refractivity contribution in [3.8, 4) is 0 Å². The fourth-order valence-electron chi connectivity index (χ4n) is 1.12. The van der Waals surface area contributed by atoms with Crippen molar-refractivity contribution in [2.75, 3.05) is 0 Å². The number of benzene rings is 1. The van der Waals surface area contributed by atoms with Gasteiger partial charge in [-0.05, 0) is 18.4 Å². The summed E-state index contributed by atoms with van der Waals surface area (Å²) in [6, 6.07) is 10.5. The van der Waals surface area contributed by atoms with Gasteiger partial charge in [-0.25, -0.2) is 0 Å². The lowest BCUT2D eigenvalue weighted by atomic mass is 10.2. The number of esters is 1. The van der Waals surface area contributed by atoms with E-state index in [0.29, 0.717) is 0 Å². The summed E-state index contributed by atoms with van der Waals surface area (Å²) in [6.07, 6.45) is 6.01. The number of carbonyl (C=O) groups is 1. The van der Waals surface area contributed by atoms with Crippen LogP contribution in [0.1, 0.15) is 25.3 Å². The summed E-state index contributed by atoms with van der Waals surface area (Å²) in [4.78, 5) is 9.75. The third-order valence-corrected chi connectivity index (χ3v) is 1.96. The molecule has 0 heterocycles. The maximum atomic E-state index is 9.75. The molecule has 2 nitrogen and oxygen atoms in total. The third-order valence-electron chi connectivity index (χ3n) is 1.96. The molecule has 0 radical (unpaired) electrons. The molecule has 0 amide bonds. The van der Waals surface area contributed by atoms with E-state index in [1.54, 1.807) is 5.57 Å².